The molecule has 1 aromatic carbocycles. The Morgan fingerprint density at radius 1 is 1.19 bits per heavy atom. The summed E-state index contributed by atoms with van der Waals surface area (Å²) in [4.78, 5) is 10.2. The van der Waals surface area contributed by atoms with Crippen LogP contribution in [0.2, 0.25) is 0 Å². The Bertz CT molecular complexity index is 725. The summed E-state index contributed by atoms with van der Waals surface area (Å²) in [6, 6.07) is 6.63. The van der Waals surface area contributed by atoms with Gasteiger partial charge in [0.2, 0.25) is 0 Å². The van der Waals surface area contributed by atoms with Crippen LogP contribution in [0.3, 0.4) is 0 Å². The van der Waals surface area contributed by atoms with Gasteiger partial charge < -0.3 is 19.9 Å². The third-order valence-electron chi connectivity index (χ3n) is 6.11. The van der Waals surface area contributed by atoms with Gasteiger partial charge in [-0.25, -0.2) is 0 Å². The molecular weight excluding hydrogens is 522 g/mol. The number of guanidine groups is 1. The Hall–Kier alpha value is -1.43. The zero-order valence-corrected chi connectivity index (χ0v) is 20.7. The van der Waals surface area contributed by atoms with E-state index in [4.69, 9.17) is 4.74 Å². The molecule has 10 heteroatoms. The molecule has 0 saturated carbocycles. The molecule has 0 aliphatic carbocycles. The van der Waals surface area contributed by atoms with E-state index in [1.807, 2.05) is 23.1 Å². The molecule has 6 nitrogen and oxygen atoms in total. The number of methoxy groups -OCH3 is 1. The van der Waals surface area contributed by atoms with Gasteiger partial charge in [-0.15, -0.1) is 24.0 Å². The predicted octanol–water partition coefficient (Wildman–Crippen LogP) is 3.28. The van der Waals surface area contributed by atoms with Gasteiger partial charge in [-0.3, -0.25) is 9.89 Å². The first-order valence-electron chi connectivity index (χ1n) is 10.5. The molecule has 0 amide bonds. The van der Waals surface area contributed by atoms with Crippen molar-refractivity contribution in [3.8, 4) is 5.75 Å². The third-order valence-corrected chi connectivity index (χ3v) is 6.11. The number of nitrogens with zero attached hydrogens (tertiary/aromatic N) is 4. The van der Waals surface area contributed by atoms with Crippen LogP contribution in [-0.4, -0.2) is 87.9 Å². The fourth-order valence-corrected chi connectivity index (χ4v) is 4.21. The molecule has 2 aliphatic heterocycles. The minimum Gasteiger partial charge on any atom is -0.495 e. The van der Waals surface area contributed by atoms with Gasteiger partial charge in [0.1, 0.15) is 11.8 Å². The summed E-state index contributed by atoms with van der Waals surface area (Å²) in [5, 5.41) is 3.43. The van der Waals surface area contributed by atoms with E-state index in [2.05, 4.69) is 21.3 Å². The maximum Gasteiger partial charge on any atom is 0.403 e. The number of para-hydroxylation sites is 2. The van der Waals surface area contributed by atoms with Gasteiger partial charge in [0.15, 0.2) is 5.96 Å². The SMILES string of the molecule is CN=C(NCC1CCN(c2ccccc2OC)C1)N1CCN(C(C)C(F)(F)F)CC1.I. The summed E-state index contributed by atoms with van der Waals surface area (Å²) in [7, 11) is 3.41. The predicted molar refractivity (Wildman–Crippen MR) is 129 cm³/mol. The summed E-state index contributed by atoms with van der Waals surface area (Å²) in [5.41, 5.74) is 1.11. The molecule has 0 aromatic heterocycles. The highest BCUT2D eigenvalue weighted by molar-refractivity contribution is 14.0. The molecule has 2 unspecified atom stereocenters. The normalized spacial score (nSPS) is 21.6. The van der Waals surface area contributed by atoms with Gasteiger partial charge in [-0.05, 0) is 31.4 Å². The number of nitrogens with one attached hydrogen (secondary N) is 1. The van der Waals surface area contributed by atoms with Gasteiger partial charge in [-0.2, -0.15) is 13.2 Å². The van der Waals surface area contributed by atoms with Crippen molar-refractivity contribution in [2.45, 2.75) is 25.6 Å². The molecule has 3 rings (SSSR count). The lowest BCUT2D eigenvalue weighted by Gasteiger charge is -2.39. The molecule has 2 fully saturated rings. The van der Waals surface area contributed by atoms with Crippen molar-refractivity contribution in [3.05, 3.63) is 24.3 Å². The molecule has 31 heavy (non-hydrogen) atoms. The van der Waals surface area contributed by atoms with Crippen LogP contribution in [0.5, 0.6) is 5.75 Å². The number of halogens is 4. The van der Waals surface area contributed by atoms with Gasteiger partial charge in [0.25, 0.3) is 0 Å². The third kappa shape index (κ3) is 6.53. The monoisotopic (exact) mass is 555 g/mol. The standard InChI is InChI=1S/C21H32F3N5O.HI/c1-16(21(22,23)24)27-10-12-28(13-11-27)20(25-2)26-14-17-8-9-29(15-17)18-6-4-5-7-19(18)30-3;/h4-7,16-17H,8-15H2,1-3H3,(H,25,26);1H. The maximum absolute atomic E-state index is 12.9. The van der Waals surface area contributed by atoms with E-state index in [-0.39, 0.29) is 24.0 Å². The van der Waals surface area contributed by atoms with E-state index in [0.29, 0.717) is 32.1 Å². The summed E-state index contributed by atoms with van der Waals surface area (Å²) >= 11 is 0. The molecule has 2 atom stereocenters. The molecule has 1 aromatic rings. The fraction of sp³-hybridized carbons (Fsp3) is 0.667. The molecule has 0 radical (unpaired) electrons. The highest BCUT2D eigenvalue weighted by Crippen LogP contribution is 2.31. The van der Waals surface area contributed by atoms with Crippen LogP contribution in [0.1, 0.15) is 13.3 Å². The first-order chi connectivity index (χ1) is 14.3. The summed E-state index contributed by atoms with van der Waals surface area (Å²) in [6.45, 7) is 5.77. The Kier molecular flexibility index (Phi) is 9.53. The number of benzene rings is 1. The topological polar surface area (TPSA) is 43.3 Å². The van der Waals surface area contributed by atoms with Crippen LogP contribution in [0, 0.1) is 5.92 Å². The van der Waals surface area contributed by atoms with Gasteiger partial charge in [0, 0.05) is 52.9 Å². The molecule has 0 bridgehead atoms. The average Bonchev–Trinajstić information content (AvgIpc) is 3.22. The van der Waals surface area contributed by atoms with Crippen molar-refractivity contribution >= 4 is 35.6 Å². The van der Waals surface area contributed by atoms with E-state index in [1.54, 1.807) is 14.2 Å². The quantitative estimate of drug-likeness (QED) is 0.344. The van der Waals surface area contributed by atoms with Crippen LogP contribution in [0.4, 0.5) is 18.9 Å². The Balaban J connectivity index is 0.00000341. The van der Waals surface area contributed by atoms with E-state index < -0.39 is 12.2 Å². The van der Waals surface area contributed by atoms with Crippen molar-refractivity contribution in [3.63, 3.8) is 0 Å². The number of hydrogen-bond acceptors (Lipinski definition) is 4. The van der Waals surface area contributed by atoms with Crippen LogP contribution < -0.4 is 15.0 Å². The van der Waals surface area contributed by atoms with Crippen molar-refractivity contribution in [2.24, 2.45) is 10.9 Å². The van der Waals surface area contributed by atoms with E-state index in [1.165, 1.54) is 11.8 Å². The second-order valence-corrected chi connectivity index (χ2v) is 7.94. The van der Waals surface area contributed by atoms with Crippen LogP contribution in [0.15, 0.2) is 29.3 Å². The van der Waals surface area contributed by atoms with E-state index >= 15 is 0 Å². The highest BCUT2D eigenvalue weighted by atomic mass is 127. The van der Waals surface area contributed by atoms with Crippen molar-refractivity contribution in [1.29, 1.82) is 0 Å². The average molecular weight is 555 g/mol. The van der Waals surface area contributed by atoms with Crippen molar-refractivity contribution in [2.75, 3.05) is 64.9 Å². The number of ether oxygens (including phenoxy) is 1. The smallest absolute Gasteiger partial charge is 0.403 e. The molecule has 2 saturated heterocycles. The molecular formula is C21H33F3IN5O. The maximum atomic E-state index is 12.9. The number of hydrogen-bond donors (Lipinski definition) is 1. The first kappa shape index (κ1) is 25.8. The van der Waals surface area contributed by atoms with Gasteiger partial charge in [-0.1, -0.05) is 12.1 Å². The second kappa shape index (κ2) is 11.4. The Labute approximate surface area is 199 Å². The first-order valence-corrected chi connectivity index (χ1v) is 10.5. The van der Waals surface area contributed by atoms with E-state index in [9.17, 15) is 13.2 Å². The fourth-order valence-electron chi connectivity index (χ4n) is 4.21. The number of alkyl halides is 3. The summed E-state index contributed by atoms with van der Waals surface area (Å²) in [5.74, 6) is 2.12. The van der Waals surface area contributed by atoms with Crippen molar-refractivity contribution < 1.29 is 17.9 Å². The van der Waals surface area contributed by atoms with Crippen LogP contribution in [-0.2, 0) is 0 Å². The van der Waals surface area contributed by atoms with E-state index in [0.717, 1.165) is 43.5 Å². The summed E-state index contributed by atoms with van der Waals surface area (Å²) < 4.78 is 44.3. The molecule has 2 heterocycles. The lowest BCUT2D eigenvalue weighted by atomic mass is 10.1. The molecule has 2 aliphatic rings. The second-order valence-electron chi connectivity index (χ2n) is 7.94. The minimum atomic E-state index is -4.18. The number of piperazine rings is 1. The minimum absolute atomic E-state index is 0. The summed E-state index contributed by atoms with van der Waals surface area (Å²) in [6.07, 6.45) is -3.11. The zero-order valence-electron chi connectivity index (χ0n) is 18.4. The highest BCUT2D eigenvalue weighted by Gasteiger charge is 2.41. The molecule has 176 valence electrons. The number of rotatable bonds is 5. The van der Waals surface area contributed by atoms with Crippen molar-refractivity contribution in [1.82, 2.24) is 15.1 Å². The molecule has 0 spiro atoms. The lowest BCUT2D eigenvalue weighted by molar-refractivity contribution is -0.181. The van der Waals surface area contributed by atoms with Crippen LogP contribution in [0.25, 0.3) is 0 Å². The lowest BCUT2D eigenvalue weighted by Crippen LogP contribution is -2.57. The largest absolute Gasteiger partial charge is 0.495 e. The van der Waals surface area contributed by atoms with Gasteiger partial charge in [0.05, 0.1) is 12.8 Å². The van der Waals surface area contributed by atoms with Crippen LogP contribution >= 0.6 is 24.0 Å². The molecule has 1 N–H and O–H groups in total. The number of anilines is 1. The Morgan fingerprint density at radius 3 is 2.48 bits per heavy atom. The zero-order chi connectivity index (χ0) is 21.7. The van der Waals surface area contributed by atoms with Gasteiger partial charge >= 0.3 is 6.18 Å². The Morgan fingerprint density at radius 2 is 1.87 bits per heavy atom. The number of aliphatic imine (C=N–C) groups is 1.